The van der Waals surface area contributed by atoms with Crippen LogP contribution in [0.15, 0.2) is 0 Å². The van der Waals surface area contributed by atoms with Crippen LogP contribution in [-0.2, 0) is 4.74 Å². The van der Waals surface area contributed by atoms with E-state index in [0.717, 1.165) is 38.6 Å². The Morgan fingerprint density at radius 1 is 1.53 bits per heavy atom. The number of piperidine rings is 1. The Labute approximate surface area is 105 Å². The number of unbranched alkanes of at least 4 members (excludes halogenated alkanes) is 1. The van der Waals surface area contributed by atoms with Gasteiger partial charge in [0.2, 0.25) is 0 Å². The molecule has 1 saturated heterocycles. The fraction of sp³-hybridized carbons (Fsp3) is 0.923. The highest BCUT2D eigenvalue weighted by Gasteiger charge is 2.18. The first-order valence-corrected chi connectivity index (χ1v) is 6.65. The number of nitrogens with one attached hydrogen (secondary N) is 1. The second-order valence-electron chi connectivity index (χ2n) is 4.77. The highest BCUT2D eigenvalue weighted by Crippen LogP contribution is 2.15. The maximum absolute atomic E-state index is 8.52. The van der Waals surface area contributed by atoms with Gasteiger partial charge < -0.3 is 15.0 Å². The summed E-state index contributed by atoms with van der Waals surface area (Å²) >= 11 is 0. The van der Waals surface area contributed by atoms with Gasteiger partial charge in [0.25, 0.3) is 0 Å². The van der Waals surface area contributed by atoms with Crippen LogP contribution in [0.5, 0.6) is 0 Å². The van der Waals surface area contributed by atoms with E-state index >= 15 is 0 Å². The Morgan fingerprint density at radius 3 is 3.18 bits per heavy atom. The van der Waals surface area contributed by atoms with Gasteiger partial charge >= 0.3 is 0 Å². The molecule has 1 aliphatic rings. The molecule has 4 nitrogen and oxygen atoms in total. The Morgan fingerprint density at radius 2 is 2.41 bits per heavy atom. The quantitative estimate of drug-likeness (QED) is 0.647. The number of hydrogen-bond acceptors (Lipinski definition) is 4. The third kappa shape index (κ3) is 6.62. The second kappa shape index (κ2) is 9.41. The predicted molar refractivity (Wildman–Crippen MR) is 68.8 cm³/mol. The molecule has 1 N–H and O–H groups in total. The average Bonchev–Trinajstić information content (AvgIpc) is 2.36. The first kappa shape index (κ1) is 14.4. The number of nitrogens with zero attached hydrogens (tertiary/aromatic N) is 2. The van der Waals surface area contributed by atoms with E-state index in [1.807, 2.05) is 0 Å². The molecule has 1 rings (SSSR count). The standard InChI is InChI=1S/C13H25N3O/c1-17-10-7-15-11-13-5-4-9-16(12-13)8-3-2-6-14/h13,15H,2-5,7-12H2,1H3. The maximum atomic E-state index is 8.52. The van der Waals surface area contributed by atoms with Crippen LogP contribution in [0, 0.1) is 17.2 Å². The number of likely N-dealkylation sites (tertiary alicyclic amines) is 1. The molecule has 1 atom stereocenters. The molecule has 0 aromatic rings. The minimum absolute atomic E-state index is 0.688. The van der Waals surface area contributed by atoms with Gasteiger partial charge in [-0.1, -0.05) is 0 Å². The Balaban J connectivity index is 2.08. The molecule has 0 aromatic heterocycles. The SMILES string of the molecule is COCCNCC1CCCN(CCCC#N)C1. The lowest BCUT2D eigenvalue weighted by atomic mass is 9.98. The molecule has 17 heavy (non-hydrogen) atoms. The van der Waals surface area contributed by atoms with Gasteiger partial charge in [0.15, 0.2) is 0 Å². The van der Waals surface area contributed by atoms with E-state index in [0.29, 0.717) is 6.42 Å². The van der Waals surface area contributed by atoms with Crippen LogP contribution >= 0.6 is 0 Å². The third-order valence-corrected chi connectivity index (χ3v) is 3.28. The van der Waals surface area contributed by atoms with Gasteiger partial charge in [-0.25, -0.2) is 0 Å². The number of ether oxygens (including phenoxy) is 1. The number of methoxy groups -OCH3 is 1. The van der Waals surface area contributed by atoms with Crippen LogP contribution in [-0.4, -0.2) is 51.3 Å². The summed E-state index contributed by atoms with van der Waals surface area (Å²) in [5.74, 6) is 0.766. The van der Waals surface area contributed by atoms with E-state index in [1.165, 1.54) is 25.9 Å². The third-order valence-electron chi connectivity index (χ3n) is 3.28. The molecule has 1 unspecified atom stereocenters. The summed E-state index contributed by atoms with van der Waals surface area (Å²) in [5.41, 5.74) is 0. The van der Waals surface area contributed by atoms with E-state index in [1.54, 1.807) is 7.11 Å². The van der Waals surface area contributed by atoms with Crippen molar-refractivity contribution in [2.24, 2.45) is 5.92 Å². The summed E-state index contributed by atoms with van der Waals surface area (Å²) < 4.78 is 5.01. The summed E-state index contributed by atoms with van der Waals surface area (Å²) in [4.78, 5) is 2.50. The lowest BCUT2D eigenvalue weighted by Crippen LogP contribution is -2.40. The monoisotopic (exact) mass is 239 g/mol. The molecule has 0 aromatic carbocycles. The van der Waals surface area contributed by atoms with Gasteiger partial charge in [-0.2, -0.15) is 5.26 Å². The summed E-state index contributed by atoms with van der Waals surface area (Å²) in [7, 11) is 1.74. The lowest BCUT2D eigenvalue weighted by Gasteiger charge is -2.32. The molecule has 0 saturated carbocycles. The highest BCUT2D eigenvalue weighted by atomic mass is 16.5. The number of rotatable bonds is 8. The van der Waals surface area contributed by atoms with Gasteiger partial charge in [-0.05, 0) is 44.8 Å². The molecule has 0 spiro atoms. The van der Waals surface area contributed by atoms with Crippen LogP contribution in [0.2, 0.25) is 0 Å². The minimum Gasteiger partial charge on any atom is -0.383 e. The molecule has 98 valence electrons. The molecule has 0 aliphatic carbocycles. The predicted octanol–water partition coefficient (Wildman–Crippen LogP) is 1.24. The van der Waals surface area contributed by atoms with Crippen LogP contribution in [0.1, 0.15) is 25.7 Å². The molecule has 0 amide bonds. The lowest BCUT2D eigenvalue weighted by molar-refractivity contribution is 0.164. The van der Waals surface area contributed by atoms with Crippen LogP contribution in [0.4, 0.5) is 0 Å². The van der Waals surface area contributed by atoms with E-state index in [-0.39, 0.29) is 0 Å². The Hall–Kier alpha value is -0.630. The minimum atomic E-state index is 0.688. The molecular formula is C13H25N3O. The molecule has 0 radical (unpaired) electrons. The number of nitriles is 1. The normalized spacial score (nSPS) is 21.3. The van der Waals surface area contributed by atoms with Gasteiger partial charge in [0.05, 0.1) is 12.7 Å². The summed E-state index contributed by atoms with van der Waals surface area (Å²) in [5, 5.41) is 12.0. The first-order chi connectivity index (χ1) is 8.36. The van der Waals surface area contributed by atoms with Crippen molar-refractivity contribution in [2.75, 3.05) is 46.4 Å². The van der Waals surface area contributed by atoms with Crippen molar-refractivity contribution in [3.8, 4) is 6.07 Å². The maximum Gasteiger partial charge on any atom is 0.0622 e. The smallest absolute Gasteiger partial charge is 0.0622 e. The molecule has 1 fully saturated rings. The zero-order valence-electron chi connectivity index (χ0n) is 11.0. The molecular weight excluding hydrogens is 214 g/mol. The highest BCUT2D eigenvalue weighted by molar-refractivity contribution is 4.76. The number of hydrogen-bond donors (Lipinski definition) is 1. The topological polar surface area (TPSA) is 48.3 Å². The average molecular weight is 239 g/mol. The van der Waals surface area contributed by atoms with Crippen molar-refractivity contribution >= 4 is 0 Å². The Bertz CT molecular complexity index is 227. The van der Waals surface area contributed by atoms with Gasteiger partial charge in [-0.3, -0.25) is 0 Å². The molecule has 4 heteroatoms. The Kier molecular flexibility index (Phi) is 7.98. The van der Waals surface area contributed by atoms with Crippen LogP contribution in [0.25, 0.3) is 0 Å². The van der Waals surface area contributed by atoms with Crippen molar-refractivity contribution in [3.63, 3.8) is 0 Å². The van der Waals surface area contributed by atoms with E-state index < -0.39 is 0 Å². The summed E-state index contributed by atoms with van der Waals surface area (Å²) in [6.45, 7) is 6.31. The van der Waals surface area contributed by atoms with E-state index in [9.17, 15) is 0 Å². The van der Waals surface area contributed by atoms with Crippen LogP contribution in [0.3, 0.4) is 0 Å². The van der Waals surface area contributed by atoms with Crippen molar-refractivity contribution in [3.05, 3.63) is 0 Å². The fourth-order valence-electron chi connectivity index (χ4n) is 2.38. The van der Waals surface area contributed by atoms with Crippen molar-refractivity contribution < 1.29 is 4.74 Å². The van der Waals surface area contributed by atoms with Gasteiger partial charge in [-0.15, -0.1) is 0 Å². The second-order valence-corrected chi connectivity index (χ2v) is 4.77. The molecule has 0 bridgehead atoms. The van der Waals surface area contributed by atoms with Crippen molar-refractivity contribution in [2.45, 2.75) is 25.7 Å². The van der Waals surface area contributed by atoms with E-state index in [2.05, 4.69) is 16.3 Å². The van der Waals surface area contributed by atoms with Gasteiger partial charge in [0.1, 0.15) is 0 Å². The van der Waals surface area contributed by atoms with E-state index in [4.69, 9.17) is 10.00 Å². The van der Waals surface area contributed by atoms with Gasteiger partial charge in [0, 0.05) is 26.6 Å². The first-order valence-electron chi connectivity index (χ1n) is 6.65. The zero-order valence-corrected chi connectivity index (χ0v) is 11.0. The van der Waals surface area contributed by atoms with Crippen LogP contribution < -0.4 is 5.32 Å². The largest absolute Gasteiger partial charge is 0.383 e. The molecule has 1 aliphatic heterocycles. The van der Waals surface area contributed by atoms with Crippen molar-refractivity contribution in [1.82, 2.24) is 10.2 Å². The summed E-state index contributed by atoms with van der Waals surface area (Å²) in [6.07, 6.45) is 4.32. The van der Waals surface area contributed by atoms with Crippen molar-refractivity contribution in [1.29, 1.82) is 5.26 Å². The fourth-order valence-corrected chi connectivity index (χ4v) is 2.38. The zero-order chi connectivity index (χ0) is 12.3. The summed E-state index contributed by atoms with van der Waals surface area (Å²) in [6, 6.07) is 2.21. The molecule has 1 heterocycles.